The Hall–Kier alpha value is -3.06. The van der Waals surface area contributed by atoms with Crippen LogP contribution in [0.2, 0.25) is 0 Å². The number of nitrogens with one attached hydrogen (secondary N) is 1. The van der Waals surface area contributed by atoms with Gasteiger partial charge in [0.05, 0.1) is 12.2 Å². The fraction of sp³-hybridized carbons (Fsp3) is 0.364. The van der Waals surface area contributed by atoms with Crippen LogP contribution in [0.15, 0.2) is 64.3 Å². The summed E-state index contributed by atoms with van der Waals surface area (Å²) in [5.74, 6) is 1.84. The number of rotatable bonds is 6. The first-order chi connectivity index (χ1) is 14.3. The molecule has 0 atom stereocenters. The molecule has 1 fully saturated rings. The minimum absolute atomic E-state index is 0.582. The highest BCUT2D eigenvalue weighted by molar-refractivity contribution is 5.88. The molecule has 1 aromatic heterocycles. The van der Waals surface area contributed by atoms with Crippen LogP contribution in [0.25, 0.3) is 10.8 Å². The van der Waals surface area contributed by atoms with Crippen molar-refractivity contribution in [2.75, 3.05) is 46.4 Å². The summed E-state index contributed by atoms with van der Waals surface area (Å²) in [5, 5.41) is 9.75. The van der Waals surface area contributed by atoms with Crippen LogP contribution in [0.3, 0.4) is 0 Å². The van der Waals surface area contributed by atoms with Crippen LogP contribution in [-0.4, -0.2) is 67.3 Å². The highest BCUT2D eigenvalue weighted by Gasteiger charge is 2.20. The van der Waals surface area contributed by atoms with Gasteiger partial charge in [0.1, 0.15) is 18.6 Å². The predicted octanol–water partition coefficient (Wildman–Crippen LogP) is 2.60. The molecule has 0 amide bonds. The molecular weight excluding hydrogens is 366 g/mol. The van der Waals surface area contributed by atoms with E-state index in [4.69, 9.17) is 9.26 Å². The third-order valence-corrected chi connectivity index (χ3v) is 5.15. The van der Waals surface area contributed by atoms with Crippen molar-refractivity contribution < 1.29 is 9.26 Å². The maximum absolute atomic E-state index is 6.02. The molecule has 1 aliphatic heterocycles. The Morgan fingerprint density at radius 3 is 2.72 bits per heavy atom. The van der Waals surface area contributed by atoms with Gasteiger partial charge in [-0.15, -0.1) is 0 Å². The quantitative estimate of drug-likeness (QED) is 0.395. The van der Waals surface area contributed by atoms with Gasteiger partial charge in [-0.1, -0.05) is 41.6 Å². The van der Waals surface area contributed by atoms with E-state index in [1.165, 1.54) is 5.39 Å². The number of benzene rings is 2. The molecule has 152 valence electrons. The van der Waals surface area contributed by atoms with Gasteiger partial charge in [0.25, 0.3) is 0 Å². The smallest absolute Gasteiger partial charge is 0.193 e. The molecule has 2 aromatic carbocycles. The van der Waals surface area contributed by atoms with Crippen LogP contribution in [0.1, 0.15) is 5.69 Å². The van der Waals surface area contributed by atoms with E-state index in [9.17, 15) is 0 Å². The zero-order valence-corrected chi connectivity index (χ0v) is 16.8. The minimum Gasteiger partial charge on any atom is -0.491 e. The second kappa shape index (κ2) is 9.43. The van der Waals surface area contributed by atoms with Gasteiger partial charge in [-0.2, -0.15) is 0 Å². The fourth-order valence-corrected chi connectivity index (χ4v) is 3.64. The molecule has 29 heavy (non-hydrogen) atoms. The first-order valence-corrected chi connectivity index (χ1v) is 10.0. The van der Waals surface area contributed by atoms with E-state index in [1.54, 1.807) is 6.26 Å². The van der Waals surface area contributed by atoms with Gasteiger partial charge in [0, 0.05) is 51.2 Å². The lowest BCUT2D eigenvalue weighted by Gasteiger charge is -2.36. The van der Waals surface area contributed by atoms with Crippen LogP contribution in [0, 0.1) is 0 Å². The molecule has 7 nitrogen and oxygen atoms in total. The normalized spacial score (nSPS) is 15.6. The maximum Gasteiger partial charge on any atom is 0.193 e. The third-order valence-electron chi connectivity index (χ3n) is 5.15. The van der Waals surface area contributed by atoms with Crippen molar-refractivity contribution in [1.29, 1.82) is 0 Å². The zero-order valence-electron chi connectivity index (χ0n) is 16.8. The number of piperazine rings is 1. The van der Waals surface area contributed by atoms with Crippen molar-refractivity contribution >= 4 is 16.7 Å². The van der Waals surface area contributed by atoms with Gasteiger partial charge < -0.3 is 19.5 Å². The Balaban J connectivity index is 1.23. The predicted molar refractivity (Wildman–Crippen MR) is 114 cm³/mol. The summed E-state index contributed by atoms with van der Waals surface area (Å²) in [6.07, 6.45) is 1.62. The molecule has 7 heteroatoms. The summed E-state index contributed by atoms with van der Waals surface area (Å²) in [6.45, 7) is 5.92. The van der Waals surface area contributed by atoms with E-state index >= 15 is 0 Å². The minimum atomic E-state index is 0.582. The van der Waals surface area contributed by atoms with Crippen LogP contribution in [0.4, 0.5) is 0 Å². The number of hydrogen-bond acceptors (Lipinski definition) is 5. The average Bonchev–Trinajstić information content (AvgIpc) is 3.28. The summed E-state index contributed by atoms with van der Waals surface area (Å²) in [4.78, 5) is 9.11. The first-order valence-electron chi connectivity index (χ1n) is 10.0. The van der Waals surface area contributed by atoms with Crippen molar-refractivity contribution in [1.82, 2.24) is 20.3 Å². The summed E-state index contributed by atoms with van der Waals surface area (Å²) >= 11 is 0. The Morgan fingerprint density at radius 1 is 1.10 bits per heavy atom. The maximum atomic E-state index is 6.02. The fourth-order valence-electron chi connectivity index (χ4n) is 3.64. The number of ether oxygens (including phenoxy) is 1. The SMILES string of the molecule is CN=C(NCCOc1cccc2ccccc12)N1CCN(Cc2ccon2)CC1. The van der Waals surface area contributed by atoms with Gasteiger partial charge in [-0.05, 0) is 11.5 Å². The lowest BCUT2D eigenvalue weighted by Crippen LogP contribution is -2.52. The van der Waals surface area contributed by atoms with Crippen LogP contribution < -0.4 is 10.1 Å². The van der Waals surface area contributed by atoms with Crippen molar-refractivity contribution in [3.63, 3.8) is 0 Å². The summed E-state index contributed by atoms with van der Waals surface area (Å²) in [7, 11) is 1.83. The van der Waals surface area contributed by atoms with Crippen LogP contribution >= 0.6 is 0 Å². The van der Waals surface area contributed by atoms with E-state index < -0.39 is 0 Å². The largest absolute Gasteiger partial charge is 0.491 e. The van der Waals surface area contributed by atoms with E-state index in [0.29, 0.717) is 13.2 Å². The Bertz CT molecular complexity index is 928. The van der Waals surface area contributed by atoms with Gasteiger partial charge in [0.2, 0.25) is 0 Å². The standard InChI is InChI=1S/C22H27N5O2/c1-23-22(27-13-11-26(12-14-27)17-19-9-15-29-25-19)24-10-16-28-21-8-4-6-18-5-2-3-7-20(18)21/h2-9,15H,10-14,16-17H2,1H3,(H,23,24). The van der Waals surface area contributed by atoms with E-state index in [2.05, 4.69) is 43.5 Å². The molecule has 1 N–H and O–H groups in total. The van der Waals surface area contributed by atoms with Crippen LogP contribution in [0.5, 0.6) is 5.75 Å². The van der Waals surface area contributed by atoms with Crippen molar-refractivity contribution in [3.8, 4) is 5.75 Å². The Morgan fingerprint density at radius 2 is 1.93 bits per heavy atom. The van der Waals surface area contributed by atoms with Crippen molar-refractivity contribution in [2.45, 2.75) is 6.54 Å². The number of nitrogens with zero attached hydrogens (tertiary/aromatic N) is 4. The lowest BCUT2D eigenvalue weighted by molar-refractivity contribution is 0.168. The molecule has 0 bridgehead atoms. The second-order valence-electron chi connectivity index (χ2n) is 7.05. The summed E-state index contributed by atoms with van der Waals surface area (Å²) < 4.78 is 10.9. The van der Waals surface area contributed by atoms with Crippen LogP contribution in [-0.2, 0) is 6.54 Å². The monoisotopic (exact) mass is 393 g/mol. The average molecular weight is 393 g/mol. The first kappa shape index (κ1) is 19.3. The summed E-state index contributed by atoms with van der Waals surface area (Å²) in [5.41, 5.74) is 0.978. The topological polar surface area (TPSA) is 66.1 Å². The zero-order chi connectivity index (χ0) is 19.9. The Kier molecular flexibility index (Phi) is 6.26. The molecule has 1 aliphatic rings. The molecule has 4 rings (SSSR count). The van der Waals surface area contributed by atoms with E-state index in [1.807, 2.05) is 37.4 Å². The highest BCUT2D eigenvalue weighted by Crippen LogP contribution is 2.24. The molecule has 1 saturated heterocycles. The Labute approximate surface area is 170 Å². The molecular formula is C22H27N5O2. The summed E-state index contributed by atoms with van der Waals surface area (Å²) in [6, 6.07) is 16.3. The highest BCUT2D eigenvalue weighted by atomic mass is 16.5. The molecule has 0 spiro atoms. The number of guanidine groups is 1. The number of aliphatic imine (C=N–C) groups is 1. The number of fused-ring (bicyclic) bond motifs is 1. The molecule has 0 saturated carbocycles. The van der Waals surface area contributed by atoms with E-state index in [0.717, 1.165) is 55.5 Å². The van der Waals surface area contributed by atoms with Gasteiger partial charge >= 0.3 is 0 Å². The number of aromatic nitrogens is 1. The van der Waals surface area contributed by atoms with Gasteiger partial charge in [-0.25, -0.2) is 0 Å². The van der Waals surface area contributed by atoms with E-state index in [-0.39, 0.29) is 0 Å². The van der Waals surface area contributed by atoms with Crippen molar-refractivity contribution in [3.05, 3.63) is 60.5 Å². The molecule has 0 unspecified atom stereocenters. The lowest BCUT2D eigenvalue weighted by atomic mass is 10.1. The molecule has 0 aliphatic carbocycles. The van der Waals surface area contributed by atoms with Gasteiger partial charge in [0.15, 0.2) is 5.96 Å². The number of hydrogen-bond donors (Lipinski definition) is 1. The second-order valence-corrected chi connectivity index (χ2v) is 7.05. The third kappa shape index (κ3) is 4.86. The molecule has 0 radical (unpaired) electrons. The van der Waals surface area contributed by atoms with Gasteiger partial charge in [-0.3, -0.25) is 9.89 Å². The molecule has 2 heterocycles. The van der Waals surface area contributed by atoms with Crippen molar-refractivity contribution in [2.24, 2.45) is 4.99 Å². The molecule has 3 aromatic rings.